The predicted octanol–water partition coefficient (Wildman–Crippen LogP) is 4.26. The number of nitro benzene ring substituents is 1. The summed E-state index contributed by atoms with van der Waals surface area (Å²) in [4.78, 5) is 24.4. The number of carbonyl (C=O) groups excluding carboxylic acids is 1. The first kappa shape index (κ1) is 21.5. The Morgan fingerprint density at radius 1 is 1.32 bits per heavy atom. The summed E-state index contributed by atoms with van der Waals surface area (Å²) in [6, 6.07) is 8.32. The van der Waals surface area contributed by atoms with Crippen LogP contribution in [-0.2, 0) is 4.79 Å². The van der Waals surface area contributed by atoms with Gasteiger partial charge in [-0.25, -0.2) is 4.31 Å². The minimum absolute atomic E-state index is 0.0301. The Morgan fingerprint density at radius 2 is 2.11 bits per heavy atom. The van der Waals surface area contributed by atoms with Crippen molar-refractivity contribution in [3.63, 3.8) is 0 Å². The van der Waals surface area contributed by atoms with E-state index in [1.54, 1.807) is 35.4 Å². The average Bonchev–Trinajstić information content (AvgIpc) is 3.01. The van der Waals surface area contributed by atoms with E-state index in [9.17, 15) is 14.9 Å². The summed E-state index contributed by atoms with van der Waals surface area (Å²) >= 11 is 6.62. The molecule has 2 heterocycles. The van der Waals surface area contributed by atoms with Gasteiger partial charge in [0.05, 0.1) is 21.4 Å². The van der Waals surface area contributed by atoms with Crippen LogP contribution in [-0.4, -0.2) is 46.3 Å². The number of nitro groups is 1. The molecule has 11 heteroatoms. The monoisotopic (exact) mass is 456 g/mol. The maximum Gasteiger partial charge on any atom is 0.270 e. The van der Waals surface area contributed by atoms with Gasteiger partial charge in [-0.1, -0.05) is 6.07 Å². The lowest BCUT2D eigenvalue weighted by Gasteiger charge is -2.23. The number of thioether (sulfide) groups is 1. The fourth-order valence-electron chi connectivity index (χ4n) is 2.43. The molecule has 7 nitrogen and oxygen atoms in total. The minimum atomic E-state index is -0.436. The Balaban J connectivity index is 1.47. The summed E-state index contributed by atoms with van der Waals surface area (Å²) in [5.74, 6) is 2.17. The molecule has 28 heavy (non-hydrogen) atoms. The van der Waals surface area contributed by atoms with Gasteiger partial charge in [-0.05, 0) is 43.0 Å². The summed E-state index contributed by atoms with van der Waals surface area (Å²) in [5, 5.41) is 13.7. The quantitative estimate of drug-likeness (QED) is 0.346. The fraction of sp³-hybridized carbons (Fsp3) is 0.353. The maximum atomic E-state index is 12.2. The van der Waals surface area contributed by atoms with Gasteiger partial charge in [0.25, 0.3) is 5.69 Å². The number of nitrogens with zero attached hydrogens (tertiary/aromatic N) is 2. The zero-order valence-electron chi connectivity index (χ0n) is 15.2. The second kappa shape index (κ2) is 10.5. The van der Waals surface area contributed by atoms with E-state index >= 15 is 0 Å². The number of anilines is 1. The van der Waals surface area contributed by atoms with E-state index < -0.39 is 4.92 Å². The third kappa shape index (κ3) is 6.39. The number of hydrogen-bond donors (Lipinski definition) is 2. The number of benzene rings is 1. The summed E-state index contributed by atoms with van der Waals surface area (Å²) in [6.45, 7) is 4.26. The number of carbonyl (C=O) groups is 1. The van der Waals surface area contributed by atoms with Crippen LogP contribution in [0.25, 0.3) is 0 Å². The van der Waals surface area contributed by atoms with Crippen molar-refractivity contribution in [1.82, 2.24) is 9.03 Å². The van der Waals surface area contributed by atoms with Crippen molar-refractivity contribution < 1.29 is 9.72 Å². The van der Waals surface area contributed by atoms with Gasteiger partial charge in [0.15, 0.2) is 0 Å². The van der Waals surface area contributed by atoms with Crippen molar-refractivity contribution >= 4 is 64.3 Å². The first-order valence-corrected chi connectivity index (χ1v) is 12.1. The van der Waals surface area contributed by atoms with E-state index in [4.69, 9.17) is 0 Å². The van der Waals surface area contributed by atoms with Crippen molar-refractivity contribution in [3.05, 3.63) is 45.3 Å². The van der Waals surface area contributed by atoms with E-state index in [0.717, 1.165) is 35.2 Å². The van der Waals surface area contributed by atoms with Gasteiger partial charge in [-0.3, -0.25) is 19.6 Å². The molecule has 1 amide bonds. The van der Waals surface area contributed by atoms with Gasteiger partial charge >= 0.3 is 0 Å². The largest absolute Gasteiger partial charge is 0.324 e. The Morgan fingerprint density at radius 3 is 2.86 bits per heavy atom. The lowest BCUT2D eigenvalue weighted by atomic mass is 10.3. The summed E-state index contributed by atoms with van der Waals surface area (Å²) in [6.07, 6.45) is 0. The van der Waals surface area contributed by atoms with E-state index in [0.29, 0.717) is 4.90 Å². The molecular formula is C17H20N4O3S4. The molecule has 1 aromatic heterocycles. The van der Waals surface area contributed by atoms with Crippen LogP contribution in [0.3, 0.4) is 0 Å². The van der Waals surface area contributed by atoms with Crippen molar-refractivity contribution in [2.75, 3.05) is 36.5 Å². The van der Waals surface area contributed by atoms with Gasteiger partial charge in [0.1, 0.15) is 0 Å². The zero-order chi connectivity index (χ0) is 19.9. The van der Waals surface area contributed by atoms with Gasteiger partial charge in [0, 0.05) is 46.5 Å². The molecule has 0 atom stereocenters. The van der Waals surface area contributed by atoms with Gasteiger partial charge < -0.3 is 5.32 Å². The Bertz CT molecular complexity index is 840. The lowest BCUT2D eigenvalue weighted by Crippen LogP contribution is -2.26. The van der Waals surface area contributed by atoms with E-state index in [1.165, 1.54) is 28.3 Å². The topological polar surface area (TPSA) is 87.5 Å². The number of hydrogen-bond acceptors (Lipinski definition) is 9. The van der Waals surface area contributed by atoms with Crippen molar-refractivity contribution in [2.24, 2.45) is 0 Å². The van der Waals surface area contributed by atoms with Crippen LogP contribution in [0.1, 0.15) is 4.88 Å². The van der Waals surface area contributed by atoms with Gasteiger partial charge in [-0.2, -0.15) is 11.8 Å². The molecule has 0 unspecified atom stereocenters. The normalized spacial score (nSPS) is 14.8. The fourth-order valence-corrected chi connectivity index (χ4v) is 6.59. The number of non-ortho nitro benzene ring substituents is 1. The highest BCUT2D eigenvalue weighted by Crippen LogP contribution is 2.36. The van der Waals surface area contributed by atoms with E-state index in [-0.39, 0.29) is 18.1 Å². The van der Waals surface area contributed by atoms with E-state index in [1.807, 2.05) is 24.8 Å². The third-order valence-electron chi connectivity index (χ3n) is 3.81. The van der Waals surface area contributed by atoms with Crippen LogP contribution in [0.2, 0.25) is 0 Å². The Labute approximate surface area is 180 Å². The minimum Gasteiger partial charge on any atom is -0.324 e. The summed E-state index contributed by atoms with van der Waals surface area (Å²) < 4.78 is 6.49. The van der Waals surface area contributed by atoms with Crippen molar-refractivity contribution in [3.8, 4) is 0 Å². The molecule has 0 spiro atoms. The van der Waals surface area contributed by atoms with Crippen LogP contribution in [0.5, 0.6) is 0 Å². The molecule has 0 radical (unpaired) electrons. The first-order valence-electron chi connectivity index (χ1n) is 8.56. The van der Waals surface area contributed by atoms with Crippen LogP contribution < -0.4 is 10.0 Å². The molecule has 2 N–H and O–H groups in total. The molecule has 2 aromatic rings. The molecule has 0 saturated carbocycles. The van der Waals surface area contributed by atoms with Crippen molar-refractivity contribution in [2.45, 2.75) is 16.0 Å². The van der Waals surface area contributed by atoms with Crippen LogP contribution >= 0.6 is 47.0 Å². The van der Waals surface area contributed by atoms with Crippen LogP contribution in [0.15, 0.2) is 39.4 Å². The number of thiophene rings is 1. The molecule has 3 rings (SSSR count). The maximum absolute atomic E-state index is 12.2. The number of amides is 1. The lowest BCUT2D eigenvalue weighted by molar-refractivity contribution is -0.385. The van der Waals surface area contributed by atoms with Crippen molar-refractivity contribution in [1.29, 1.82) is 0 Å². The second-order valence-corrected chi connectivity index (χ2v) is 10.7. The zero-order valence-corrected chi connectivity index (χ0v) is 18.4. The molecule has 0 aliphatic carbocycles. The van der Waals surface area contributed by atoms with Crippen LogP contribution in [0, 0.1) is 17.0 Å². The highest BCUT2D eigenvalue weighted by atomic mass is 32.2. The SMILES string of the molecule is Cc1sc(SN2CCSCC2)cc1NC(=O)CNSc1cccc([N+](=O)[O-])c1. The predicted molar refractivity (Wildman–Crippen MR) is 119 cm³/mol. The smallest absolute Gasteiger partial charge is 0.270 e. The summed E-state index contributed by atoms with van der Waals surface area (Å²) in [5.41, 5.74) is 0.869. The van der Waals surface area contributed by atoms with E-state index in [2.05, 4.69) is 14.3 Å². The number of rotatable bonds is 8. The Hall–Kier alpha value is -1.24. The molecule has 0 bridgehead atoms. The molecule has 150 valence electrons. The first-order chi connectivity index (χ1) is 13.5. The standard InChI is InChI=1S/C17H20N4O3S4/c1-12-15(10-17(26-12)28-20-5-7-25-8-6-20)19-16(22)11-18-27-14-4-2-3-13(9-14)21(23)24/h2-4,9-10,18H,5-8,11H2,1H3,(H,19,22). The van der Waals surface area contributed by atoms with Gasteiger partial charge in [0.2, 0.25) is 5.91 Å². The highest BCUT2D eigenvalue weighted by Gasteiger charge is 2.15. The molecule has 1 fully saturated rings. The molecule has 1 aliphatic heterocycles. The van der Waals surface area contributed by atoms with Gasteiger partial charge in [-0.15, -0.1) is 11.3 Å². The third-order valence-corrected chi connectivity index (χ3v) is 7.77. The molecule has 1 aliphatic rings. The summed E-state index contributed by atoms with van der Waals surface area (Å²) in [7, 11) is 0. The molecule has 1 aromatic carbocycles. The average molecular weight is 457 g/mol. The van der Waals surface area contributed by atoms with Crippen LogP contribution in [0.4, 0.5) is 11.4 Å². The number of aryl methyl sites for hydroxylation is 1. The molecule has 1 saturated heterocycles. The second-order valence-electron chi connectivity index (χ2n) is 5.89. The number of nitrogens with one attached hydrogen (secondary N) is 2. The molecular weight excluding hydrogens is 436 g/mol. The highest BCUT2D eigenvalue weighted by molar-refractivity contribution is 8.00. The Kier molecular flexibility index (Phi) is 8.06.